The number of nitrogens with zero attached hydrogens (tertiary/aromatic N) is 1. The van der Waals surface area contributed by atoms with Crippen LogP contribution in [0.5, 0.6) is 0 Å². The van der Waals surface area contributed by atoms with Gasteiger partial charge in [0.05, 0.1) is 5.41 Å². The number of amides is 1. The summed E-state index contributed by atoms with van der Waals surface area (Å²) in [4.78, 5) is 14.8. The summed E-state index contributed by atoms with van der Waals surface area (Å²) in [5, 5.41) is 3.21. The third kappa shape index (κ3) is 2.59. The van der Waals surface area contributed by atoms with Gasteiger partial charge < -0.3 is 10.2 Å². The molecule has 0 spiro atoms. The average molecular weight is 272 g/mol. The van der Waals surface area contributed by atoms with Gasteiger partial charge in [0.2, 0.25) is 5.91 Å². The van der Waals surface area contributed by atoms with Crippen LogP contribution >= 0.6 is 0 Å². The van der Waals surface area contributed by atoms with Crippen molar-refractivity contribution in [3.8, 4) is 0 Å². The molecule has 1 unspecified atom stereocenters. The third-order valence-electron chi connectivity index (χ3n) is 4.81. The predicted molar refractivity (Wildman–Crippen MR) is 80.6 cm³/mol. The zero-order valence-corrected chi connectivity index (χ0v) is 12.4. The van der Waals surface area contributed by atoms with Crippen LogP contribution in [0.4, 0.5) is 0 Å². The van der Waals surface area contributed by atoms with Crippen molar-refractivity contribution in [1.29, 1.82) is 0 Å². The maximum atomic E-state index is 12.6. The van der Waals surface area contributed by atoms with E-state index < -0.39 is 0 Å². The lowest BCUT2D eigenvalue weighted by Gasteiger charge is -2.25. The Morgan fingerprint density at radius 1 is 1.30 bits per heavy atom. The highest BCUT2D eigenvalue weighted by molar-refractivity contribution is 5.91. The minimum absolute atomic E-state index is 0.219. The van der Waals surface area contributed by atoms with Crippen LogP contribution in [0.2, 0.25) is 0 Å². The predicted octanol–water partition coefficient (Wildman–Crippen LogP) is 2.17. The Kier molecular flexibility index (Phi) is 3.55. The third-order valence-corrected chi connectivity index (χ3v) is 4.81. The van der Waals surface area contributed by atoms with Crippen LogP contribution in [0.1, 0.15) is 31.2 Å². The van der Waals surface area contributed by atoms with E-state index in [1.165, 1.54) is 18.4 Å². The Bertz CT molecular complexity index is 473. The first-order valence-corrected chi connectivity index (χ1v) is 7.64. The molecule has 2 aliphatic carbocycles. The molecule has 0 aliphatic heterocycles. The topological polar surface area (TPSA) is 32.3 Å². The Morgan fingerprint density at radius 3 is 2.45 bits per heavy atom. The fourth-order valence-corrected chi connectivity index (χ4v) is 3.15. The summed E-state index contributed by atoms with van der Waals surface area (Å²) in [6.07, 6.45) is 4.59. The molecule has 1 atom stereocenters. The number of hydrogen-bond acceptors (Lipinski definition) is 2. The first-order valence-electron chi connectivity index (χ1n) is 7.64. The molecular weight excluding hydrogens is 248 g/mol. The minimum Gasteiger partial charge on any atom is -0.354 e. The van der Waals surface area contributed by atoms with Crippen molar-refractivity contribution in [1.82, 2.24) is 10.2 Å². The van der Waals surface area contributed by atoms with E-state index in [1.807, 2.05) is 18.2 Å². The van der Waals surface area contributed by atoms with Gasteiger partial charge in [0.15, 0.2) is 0 Å². The van der Waals surface area contributed by atoms with E-state index in [9.17, 15) is 4.79 Å². The summed E-state index contributed by atoms with van der Waals surface area (Å²) in [5.74, 6) is 0.994. The van der Waals surface area contributed by atoms with E-state index in [1.54, 1.807) is 0 Å². The second-order valence-electron chi connectivity index (χ2n) is 6.53. The van der Waals surface area contributed by atoms with Crippen LogP contribution in [0, 0.1) is 5.92 Å². The standard InChI is InChI=1S/C17H24N2O/c1-19(2)15(13-8-9-13)12-18-16(20)17(10-11-17)14-6-4-3-5-7-14/h3-7,13,15H,8-12H2,1-2H3,(H,18,20). The van der Waals surface area contributed by atoms with Gasteiger partial charge in [-0.25, -0.2) is 0 Å². The Morgan fingerprint density at radius 2 is 1.95 bits per heavy atom. The maximum absolute atomic E-state index is 12.6. The first kappa shape index (κ1) is 13.6. The van der Waals surface area contributed by atoms with Crippen molar-refractivity contribution in [3.05, 3.63) is 35.9 Å². The quantitative estimate of drug-likeness (QED) is 0.861. The molecule has 3 heteroatoms. The van der Waals surface area contributed by atoms with E-state index >= 15 is 0 Å². The van der Waals surface area contributed by atoms with Gasteiger partial charge in [0.25, 0.3) is 0 Å². The van der Waals surface area contributed by atoms with Gasteiger partial charge in [-0.15, -0.1) is 0 Å². The summed E-state index contributed by atoms with van der Waals surface area (Å²) in [5.41, 5.74) is 0.937. The van der Waals surface area contributed by atoms with Crippen molar-refractivity contribution in [2.75, 3.05) is 20.6 Å². The number of hydrogen-bond donors (Lipinski definition) is 1. The molecule has 0 aromatic heterocycles. The summed E-state index contributed by atoms with van der Waals surface area (Å²) >= 11 is 0. The summed E-state index contributed by atoms with van der Waals surface area (Å²) < 4.78 is 0. The second kappa shape index (κ2) is 5.21. The monoisotopic (exact) mass is 272 g/mol. The van der Waals surface area contributed by atoms with Crippen molar-refractivity contribution >= 4 is 5.91 Å². The van der Waals surface area contributed by atoms with Gasteiger partial charge in [0.1, 0.15) is 0 Å². The molecule has 1 aromatic rings. The van der Waals surface area contributed by atoms with Crippen molar-refractivity contribution in [3.63, 3.8) is 0 Å². The molecule has 1 amide bonds. The van der Waals surface area contributed by atoms with Crippen LogP contribution in [-0.4, -0.2) is 37.5 Å². The summed E-state index contributed by atoms with van der Waals surface area (Å²) in [6.45, 7) is 0.783. The van der Waals surface area contributed by atoms with Crippen molar-refractivity contribution in [2.24, 2.45) is 5.92 Å². The van der Waals surface area contributed by atoms with Gasteiger partial charge in [0, 0.05) is 12.6 Å². The van der Waals surface area contributed by atoms with E-state index in [2.05, 4.69) is 36.4 Å². The number of nitrogens with one attached hydrogen (secondary N) is 1. The van der Waals surface area contributed by atoms with Gasteiger partial charge in [-0.3, -0.25) is 4.79 Å². The van der Waals surface area contributed by atoms with Gasteiger partial charge >= 0.3 is 0 Å². The molecular formula is C17H24N2O. The van der Waals surface area contributed by atoms with E-state index in [0.717, 1.165) is 25.3 Å². The van der Waals surface area contributed by atoms with Gasteiger partial charge in [-0.2, -0.15) is 0 Å². The highest BCUT2D eigenvalue weighted by Crippen LogP contribution is 2.48. The van der Waals surface area contributed by atoms with E-state index in [0.29, 0.717) is 6.04 Å². The molecule has 0 bridgehead atoms. The van der Waals surface area contributed by atoms with E-state index in [4.69, 9.17) is 0 Å². The number of rotatable bonds is 6. The SMILES string of the molecule is CN(C)C(CNC(=O)C1(c2ccccc2)CC1)C1CC1. The molecule has 0 radical (unpaired) electrons. The lowest BCUT2D eigenvalue weighted by atomic mass is 9.95. The van der Waals surface area contributed by atoms with Crippen LogP contribution in [-0.2, 0) is 10.2 Å². The molecule has 0 heterocycles. The maximum Gasteiger partial charge on any atom is 0.230 e. The molecule has 20 heavy (non-hydrogen) atoms. The Balaban J connectivity index is 1.62. The molecule has 0 saturated heterocycles. The zero-order valence-electron chi connectivity index (χ0n) is 12.4. The molecule has 108 valence electrons. The lowest BCUT2D eigenvalue weighted by Crippen LogP contribution is -2.44. The Labute approximate surface area is 121 Å². The molecule has 2 saturated carbocycles. The number of benzene rings is 1. The highest BCUT2D eigenvalue weighted by atomic mass is 16.2. The van der Waals surface area contributed by atoms with Crippen molar-refractivity contribution in [2.45, 2.75) is 37.1 Å². The van der Waals surface area contributed by atoms with Crippen LogP contribution in [0.15, 0.2) is 30.3 Å². The smallest absolute Gasteiger partial charge is 0.230 e. The van der Waals surface area contributed by atoms with E-state index in [-0.39, 0.29) is 11.3 Å². The molecule has 3 nitrogen and oxygen atoms in total. The van der Waals surface area contributed by atoms with Gasteiger partial charge in [-0.1, -0.05) is 30.3 Å². The van der Waals surface area contributed by atoms with Crippen LogP contribution in [0.3, 0.4) is 0 Å². The fraction of sp³-hybridized carbons (Fsp3) is 0.588. The van der Waals surface area contributed by atoms with Crippen molar-refractivity contribution < 1.29 is 4.79 Å². The average Bonchev–Trinajstić information content (AvgIpc) is 3.33. The summed E-state index contributed by atoms with van der Waals surface area (Å²) in [7, 11) is 4.22. The highest BCUT2D eigenvalue weighted by Gasteiger charge is 2.51. The fourth-order valence-electron chi connectivity index (χ4n) is 3.15. The molecule has 1 N–H and O–H groups in total. The lowest BCUT2D eigenvalue weighted by molar-refractivity contribution is -0.123. The van der Waals surface area contributed by atoms with Crippen LogP contribution < -0.4 is 5.32 Å². The number of carbonyl (C=O) groups is 1. The first-order chi connectivity index (χ1) is 9.63. The zero-order chi connectivity index (χ0) is 14.2. The largest absolute Gasteiger partial charge is 0.354 e. The normalized spacial score (nSPS) is 21.6. The van der Waals surface area contributed by atoms with Gasteiger partial charge in [-0.05, 0) is 51.3 Å². The Hall–Kier alpha value is -1.35. The molecule has 3 rings (SSSR count). The molecule has 1 aromatic carbocycles. The molecule has 2 fully saturated rings. The summed E-state index contributed by atoms with van der Waals surface area (Å²) in [6, 6.07) is 10.7. The molecule has 2 aliphatic rings. The minimum atomic E-state index is -0.234. The number of likely N-dealkylation sites (N-methyl/N-ethyl adjacent to an activating group) is 1. The van der Waals surface area contributed by atoms with Crippen LogP contribution in [0.25, 0.3) is 0 Å². The second-order valence-corrected chi connectivity index (χ2v) is 6.53. The number of carbonyl (C=O) groups excluding carboxylic acids is 1.